The number of aliphatic carboxylic acids is 1. The van der Waals surface area contributed by atoms with E-state index in [0.717, 1.165) is 0 Å². The summed E-state index contributed by atoms with van der Waals surface area (Å²) in [5.74, 6) is -0.561. The highest BCUT2D eigenvalue weighted by atomic mass is 16.4. The van der Waals surface area contributed by atoms with E-state index < -0.39 is 12.0 Å². The molecule has 1 atom stereocenters. The highest BCUT2D eigenvalue weighted by molar-refractivity contribution is 6.40. The van der Waals surface area contributed by atoms with Crippen molar-refractivity contribution < 1.29 is 14.7 Å². The summed E-state index contributed by atoms with van der Waals surface area (Å²) < 4.78 is 0. The number of carboxylic acid groups (broad SMARTS) is 1. The number of anilines is 2. The Morgan fingerprint density at radius 1 is 0.964 bits per heavy atom. The molecule has 2 aromatic rings. The molecule has 0 radical (unpaired) electrons. The molecule has 0 aliphatic carbocycles. The maximum atomic E-state index is 12.9. The number of carboxylic acids is 1. The Hall–Kier alpha value is -3.49. The van der Waals surface area contributed by atoms with Gasteiger partial charge in [-0.3, -0.25) is 9.80 Å². The molecule has 2 aliphatic heterocycles. The fraction of sp³-hybridized carbons (Fsp3) is 0.316. The predicted molar refractivity (Wildman–Crippen MR) is 103 cm³/mol. The van der Waals surface area contributed by atoms with E-state index in [0.29, 0.717) is 37.8 Å². The number of rotatable bonds is 4. The lowest BCUT2D eigenvalue weighted by Crippen LogP contribution is -2.51. The van der Waals surface area contributed by atoms with Crippen LogP contribution in [0.25, 0.3) is 0 Å². The van der Waals surface area contributed by atoms with Crippen molar-refractivity contribution in [3.63, 3.8) is 0 Å². The van der Waals surface area contributed by atoms with Crippen molar-refractivity contribution in [2.75, 3.05) is 36.1 Å². The van der Waals surface area contributed by atoms with Gasteiger partial charge in [-0.1, -0.05) is 18.2 Å². The van der Waals surface area contributed by atoms with Crippen LogP contribution in [0.4, 0.5) is 11.6 Å². The van der Waals surface area contributed by atoms with Crippen molar-refractivity contribution in [2.24, 2.45) is 5.10 Å². The molecule has 4 rings (SSSR count). The number of hydrogen-bond donors (Lipinski definition) is 1. The quantitative estimate of drug-likeness (QED) is 0.839. The van der Waals surface area contributed by atoms with Crippen molar-refractivity contribution in [2.45, 2.75) is 12.5 Å². The second kappa shape index (κ2) is 7.63. The molecule has 3 heterocycles. The van der Waals surface area contributed by atoms with Gasteiger partial charge in [-0.2, -0.15) is 5.10 Å². The van der Waals surface area contributed by atoms with Crippen LogP contribution in [0, 0.1) is 0 Å². The Bertz CT molecular complexity index is 881. The summed E-state index contributed by atoms with van der Waals surface area (Å²) in [5.41, 5.74) is 0.935. The van der Waals surface area contributed by atoms with Crippen LogP contribution in [0.1, 0.15) is 6.42 Å². The van der Waals surface area contributed by atoms with Gasteiger partial charge >= 0.3 is 5.97 Å². The van der Waals surface area contributed by atoms with Gasteiger partial charge in [-0.15, -0.1) is 0 Å². The van der Waals surface area contributed by atoms with E-state index in [2.05, 4.69) is 15.1 Å². The van der Waals surface area contributed by atoms with E-state index in [4.69, 9.17) is 0 Å². The molecule has 1 saturated heterocycles. The third-order valence-corrected chi connectivity index (χ3v) is 4.86. The molecule has 1 unspecified atom stereocenters. The number of nitrogens with zero attached hydrogens (tertiary/aromatic N) is 6. The topological polar surface area (TPSA) is 102 Å². The van der Waals surface area contributed by atoms with Gasteiger partial charge in [-0.25, -0.2) is 14.8 Å². The van der Waals surface area contributed by atoms with Gasteiger partial charge < -0.3 is 14.9 Å². The number of para-hydroxylation sites is 1. The van der Waals surface area contributed by atoms with Crippen LogP contribution in [-0.2, 0) is 9.59 Å². The minimum Gasteiger partial charge on any atom is -0.480 e. The second-order valence-electron chi connectivity index (χ2n) is 6.61. The summed E-state index contributed by atoms with van der Waals surface area (Å²) in [6, 6.07) is 9.93. The van der Waals surface area contributed by atoms with Gasteiger partial charge in [0.05, 0.1) is 5.69 Å². The number of aromatic nitrogens is 2. The predicted octanol–water partition coefficient (Wildman–Crippen LogP) is 0.845. The minimum absolute atomic E-state index is 0.0884. The van der Waals surface area contributed by atoms with Crippen molar-refractivity contribution in [3.8, 4) is 0 Å². The molecular formula is C19H20N6O3. The van der Waals surface area contributed by atoms with Crippen LogP contribution >= 0.6 is 0 Å². The maximum Gasteiger partial charge on any atom is 0.328 e. The molecule has 1 N–H and O–H groups in total. The van der Waals surface area contributed by atoms with Crippen LogP contribution in [0.3, 0.4) is 0 Å². The lowest BCUT2D eigenvalue weighted by Gasteiger charge is -2.34. The Labute approximate surface area is 161 Å². The molecule has 1 aromatic carbocycles. The summed E-state index contributed by atoms with van der Waals surface area (Å²) in [6.45, 7) is 2.26. The minimum atomic E-state index is -0.999. The van der Waals surface area contributed by atoms with E-state index in [-0.39, 0.29) is 18.0 Å². The van der Waals surface area contributed by atoms with E-state index in [1.165, 1.54) is 5.01 Å². The summed E-state index contributed by atoms with van der Waals surface area (Å²) in [4.78, 5) is 36.8. The van der Waals surface area contributed by atoms with Crippen molar-refractivity contribution in [3.05, 3.63) is 48.8 Å². The lowest BCUT2D eigenvalue weighted by atomic mass is 10.1. The number of amides is 1. The number of carbonyl (C=O) groups is 2. The van der Waals surface area contributed by atoms with Crippen LogP contribution in [0.2, 0.25) is 0 Å². The Morgan fingerprint density at radius 3 is 2.29 bits per heavy atom. The first-order chi connectivity index (χ1) is 13.6. The number of piperazine rings is 1. The summed E-state index contributed by atoms with van der Waals surface area (Å²) in [5, 5.41) is 15.3. The van der Waals surface area contributed by atoms with Crippen LogP contribution in [-0.4, -0.2) is 69.8 Å². The summed E-state index contributed by atoms with van der Waals surface area (Å²) in [6.07, 6.45) is 3.47. The van der Waals surface area contributed by atoms with Gasteiger partial charge in [0.1, 0.15) is 5.71 Å². The number of hydrogen-bond acceptors (Lipinski definition) is 7. The van der Waals surface area contributed by atoms with Gasteiger partial charge in [0.25, 0.3) is 5.91 Å². The van der Waals surface area contributed by atoms with Crippen LogP contribution in [0.5, 0.6) is 0 Å². The summed E-state index contributed by atoms with van der Waals surface area (Å²) >= 11 is 0. The third kappa shape index (κ3) is 3.51. The third-order valence-electron chi connectivity index (χ3n) is 4.86. The zero-order valence-corrected chi connectivity index (χ0v) is 15.2. The number of benzene rings is 1. The molecule has 0 saturated carbocycles. The van der Waals surface area contributed by atoms with Crippen LogP contribution in [0.15, 0.2) is 53.9 Å². The molecular weight excluding hydrogens is 360 g/mol. The Morgan fingerprint density at radius 2 is 1.64 bits per heavy atom. The lowest BCUT2D eigenvalue weighted by molar-refractivity contribution is -0.138. The Kier molecular flexibility index (Phi) is 4.88. The largest absolute Gasteiger partial charge is 0.480 e. The zero-order valence-electron chi connectivity index (χ0n) is 15.2. The highest BCUT2D eigenvalue weighted by Crippen LogP contribution is 2.25. The molecule has 144 valence electrons. The normalized spacial score (nSPS) is 19.5. The SMILES string of the molecule is O=C(O)C1CC(C(=O)N2CCN(c3ncccn3)CC2)=NN1c1ccccc1. The van der Waals surface area contributed by atoms with Crippen LogP contribution < -0.4 is 9.91 Å². The van der Waals surface area contributed by atoms with Gasteiger partial charge in [0.15, 0.2) is 6.04 Å². The standard InChI is InChI=1S/C19H20N6O3/c26-17(23-9-11-24(12-10-23)19-20-7-4-8-21-19)15-13-16(18(27)28)25(22-15)14-5-2-1-3-6-14/h1-8,16H,9-13H2,(H,27,28). The van der Waals surface area contributed by atoms with Gasteiger partial charge in [-0.05, 0) is 18.2 Å². The molecule has 2 aliphatic rings. The van der Waals surface area contributed by atoms with Gasteiger partial charge in [0, 0.05) is 45.0 Å². The van der Waals surface area contributed by atoms with Crippen molar-refractivity contribution in [1.29, 1.82) is 0 Å². The number of hydrazone groups is 1. The fourth-order valence-electron chi connectivity index (χ4n) is 3.40. The molecule has 1 fully saturated rings. The van der Waals surface area contributed by atoms with E-state index >= 15 is 0 Å². The average molecular weight is 380 g/mol. The first-order valence-electron chi connectivity index (χ1n) is 9.09. The molecule has 0 bridgehead atoms. The zero-order chi connectivity index (χ0) is 19.5. The monoisotopic (exact) mass is 380 g/mol. The fourth-order valence-corrected chi connectivity index (χ4v) is 3.40. The molecule has 1 amide bonds. The summed E-state index contributed by atoms with van der Waals surface area (Å²) in [7, 11) is 0. The average Bonchev–Trinajstić information content (AvgIpc) is 3.20. The maximum absolute atomic E-state index is 12.9. The van der Waals surface area contributed by atoms with E-state index in [9.17, 15) is 14.7 Å². The molecule has 9 heteroatoms. The van der Waals surface area contributed by atoms with Gasteiger partial charge in [0.2, 0.25) is 5.95 Å². The van der Waals surface area contributed by atoms with E-state index in [1.54, 1.807) is 35.5 Å². The molecule has 28 heavy (non-hydrogen) atoms. The molecule has 0 spiro atoms. The second-order valence-corrected chi connectivity index (χ2v) is 6.61. The van der Waals surface area contributed by atoms with Crippen molar-refractivity contribution in [1.82, 2.24) is 14.9 Å². The molecule has 9 nitrogen and oxygen atoms in total. The molecule has 1 aromatic heterocycles. The Balaban J connectivity index is 1.45. The first-order valence-corrected chi connectivity index (χ1v) is 9.09. The first kappa shape index (κ1) is 17.9. The van der Waals surface area contributed by atoms with Crippen molar-refractivity contribution >= 4 is 29.2 Å². The van der Waals surface area contributed by atoms with E-state index in [1.807, 2.05) is 23.1 Å². The number of carbonyl (C=O) groups excluding carboxylic acids is 1. The highest BCUT2D eigenvalue weighted by Gasteiger charge is 2.38. The smallest absolute Gasteiger partial charge is 0.328 e.